The number of aryl methyl sites for hydroxylation is 2. The molecule has 4 aromatic heterocycles. The number of amides is 5. The van der Waals surface area contributed by atoms with Gasteiger partial charge in [0.1, 0.15) is 35.7 Å². The number of anilines is 2. The second-order valence-corrected chi connectivity index (χ2v) is 21.8. The average Bonchev–Trinajstić information content (AvgIpc) is 4.22. The number of nitrogens with zero attached hydrogens (tertiary/aromatic N) is 9. The Labute approximate surface area is 444 Å². The lowest BCUT2D eigenvalue weighted by molar-refractivity contribution is -0.144. The predicted octanol–water partition coefficient (Wildman–Crippen LogP) is 6.33. The minimum absolute atomic E-state index is 0.0192. The molecule has 5 aromatic rings. The van der Waals surface area contributed by atoms with Crippen LogP contribution >= 0.6 is 11.3 Å². The van der Waals surface area contributed by atoms with Crippen molar-refractivity contribution in [1.82, 2.24) is 55.9 Å². The number of aliphatic hydroxyl groups is 1. The number of unbranched alkanes of at least 4 members (excludes halogenated alkanes) is 6. The molecule has 0 bridgehead atoms. The molecule has 0 saturated carbocycles. The molecule has 1 fully saturated rings. The zero-order chi connectivity index (χ0) is 53.8. The topological polar surface area (TPSA) is 233 Å². The maximum absolute atomic E-state index is 14.1. The van der Waals surface area contributed by atoms with Gasteiger partial charge in [-0.1, -0.05) is 83.2 Å². The molecule has 0 spiro atoms. The molecular weight excluding hydrogens is 971 g/mol. The average molecular weight is 1050 g/mol. The summed E-state index contributed by atoms with van der Waals surface area (Å²) < 4.78 is 1.90. The summed E-state index contributed by atoms with van der Waals surface area (Å²) in [4.78, 5) is 87.9. The minimum Gasteiger partial charge on any atom is -0.391 e. The van der Waals surface area contributed by atoms with Crippen molar-refractivity contribution in [2.75, 3.05) is 36.5 Å². The Bertz CT molecular complexity index is 2770. The molecule has 1 saturated heterocycles. The van der Waals surface area contributed by atoms with Crippen LogP contribution in [0.4, 0.5) is 11.6 Å². The summed E-state index contributed by atoms with van der Waals surface area (Å²) in [5.41, 5.74) is 6.82. The van der Waals surface area contributed by atoms with Gasteiger partial charge < -0.3 is 40.7 Å². The number of carbonyl (C=O) groups is 5. The minimum atomic E-state index is -0.871. The van der Waals surface area contributed by atoms with E-state index in [4.69, 9.17) is 9.97 Å². The highest BCUT2D eigenvalue weighted by atomic mass is 32.1. The van der Waals surface area contributed by atoms with Crippen LogP contribution in [0.1, 0.15) is 132 Å². The molecule has 0 radical (unpaired) electrons. The number of pyridine rings is 2. The standard InChI is InChI=1S/C55H75N13O6S/c1-9-66-33-60-64-51(66)42-18-17-19-45(61-42)68-32-41-40(53(68)73)27-46(65(8)35(2)3)62-43(41)29-56-30-48(71)57-25-16-14-12-10-11-13-15-20-47(70)63-50(55(5,6)7)54(74)67-31-39(69)26-44(67)52(72)58-28-37-21-23-38(24-22-37)49-36(4)59-34-75-49/h17-19,21-24,27,33-35,39,44,50,56,69H,9-16,20,25-26,28-32H2,1-8H3,(H,57,71)(H,58,72)(H,63,70)/t39-,44+,50-/m1/s1. The highest BCUT2D eigenvalue weighted by molar-refractivity contribution is 7.13. The molecule has 0 unspecified atom stereocenters. The predicted molar refractivity (Wildman–Crippen MR) is 291 cm³/mol. The molecule has 5 N–H and O–H groups in total. The Morgan fingerprint density at radius 2 is 1.67 bits per heavy atom. The van der Waals surface area contributed by atoms with Gasteiger partial charge in [0.2, 0.25) is 23.6 Å². The van der Waals surface area contributed by atoms with E-state index < -0.39 is 23.6 Å². The van der Waals surface area contributed by atoms with Gasteiger partial charge in [0.05, 0.1) is 46.5 Å². The van der Waals surface area contributed by atoms with Crippen molar-refractivity contribution >= 4 is 52.5 Å². The molecule has 7 rings (SSSR count). The van der Waals surface area contributed by atoms with Crippen LogP contribution in [0.25, 0.3) is 22.0 Å². The Morgan fingerprint density at radius 3 is 2.36 bits per heavy atom. The maximum atomic E-state index is 14.1. The van der Waals surface area contributed by atoms with Crippen molar-refractivity contribution in [2.24, 2.45) is 5.41 Å². The van der Waals surface area contributed by atoms with Crippen LogP contribution in [0.3, 0.4) is 0 Å². The Balaban J connectivity index is 0.787. The summed E-state index contributed by atoms with van der Waals surface area (Å²) in [6.07, 6.45) is 7.54. The molecule has 1 aromatic carbocycles. The fraction of sp³-hybridized carbons (Fsp3) is 0.527. The molecule has 402 valence electrons. The maximum Gasteiger partial charge on any atom is 0.260 e. The Hall–Kier alpha value is -6.64. The lowest BCUT2D eigenvalue weighted by Crippen LogP contribution is -2.57. The van der Waals surface area contributed by atoms with Gasteiger partial charge in [0.15, 0.2) is 5.82 Å². The number of hydrogen-bond acceptors (Lipinski definition) is 14. The van der Waals surface area contributed by atoms with E-state index in [1.165, 1.54) is 4.90 Å². The number of aliphatic hydroxyl groups excluding tert-OH is 1. The van der Waals surface area contributed by atoms with Gasteiger partial charge in [-0.3, -0.25) is 28.9 Å². The van der Waals surface area contributed by atoms with Gasteiger partial charge in [-0.05, 0) is 75.3 Å². The van der Waals surface area contributed by atoms with Gasteiger partial charge in [-0.15, -0.1) is 21.5 Å². The van der Waals surface area contributed by atoms with Crippen molar-refractivity contribution in [2.45, 2.75) is 157 Å². The first-order valence-corrected chi connectivity index (χ1v) is 27.3. The van der Waals surface area contributed by atoms with Crippen molar-refractivity contribution < 1.29 is 29.1 Å². The van der Waals surface area contributed by atoms with Crippen molar-refractivity contribution in [3.63, 3.8) is 0 Å². The quantitative estimate of drug-likeness (QED) is 0.0403. The second kappa shape index (κ2) is 25.7. The fourth-order valence-corrected chi connectivity index (χ4v) is 10.2. The number of carbonyl (C=O) groups excluding carboxylic acids is 5. The van der Waals surface area contributed by atoms with Gasteiger partial charge in [0.25, 0.3) is 5.91 Å². The van der Waals surface area contributed by atoms with Crippen LogP contribution in [0.5, 0.6) is 0 Å². The molecular formula is C55H75N13O6S. The highest BCUT2D eigenvalue weighted by Crippen LogP contribution is 2.33. The number of hydrogen-bond donors (Lipinski definition) is 5. The van der Waals surface area contributed by atoms with Crippen LogP contribution in [-0.4, -0.2) is 120 Å². The third-order valence-corrected chi connectivity index (χ3v) is 15.0. The number of fused-ring (bicyclic) bond motifs is 1. The summed E-state index contributed by atoms with van der Waals surface area (Å²) in [7, 11) is 1.95. The van der Waals surface area contributed by atoms with Crippen LogP contribution in [0.2, 0.25) is 0 Å². The molecule has 75 heavy (non-hydrogen) atoms. The summed E-state index contributed by atoms with van der Waals surface area (Å²) in [5.74, 6) is 0.602. The number of aromatic nitrogens is 6. The summed E-state index contributed by atoms with van der Waals surface area (Å²) >= 11 is 1.58. The first-order chi connectivity index (χ1) is 35.9. The summed E-state index contributed by atoms with van der Waals surface area (Å²) in [5, 5.41) is 31.1. The smallest absolute Gasteiger partial charge is 0.260 e. The van der Waals surface area contributed by atoms with Crippen molar-refractivity contribution in [1.29, 1.82) is 0 Å². The number of likely N-dealkylation sites (tertiary alicyclic amines) is 1. The van der Waals surface area contributed by atoms with E-state index in [0.29, 0.717) is 67.0 Å². The molecule has 2 aliphatic heterocycles. The van der Waals surface area contributed by atoms with Crippen molar-refractivity contribution in [3.8, 4) is 22.0 Å². The summed E-state index contributed by atoms with van der Waals surface area (Å²) in [6, 6.07) is 13.7. The van der Waals surface area contributed by atoms with Gasteiger partial charge >= 0.3 is 0 Å². The van der Waals surface area contributed by atoms with Crippen LogP contribution in [0, 0.1) is 12.3 Å². The lowest BCUT2D eigenvalue weighted by Gasteiger charge is -2.35. The molecule has 2 aliphatic rings. The van der Waals surface area contributed by atoms with E-state index in [9.17, 15) is 29.1 Å². The van der Waals surface area contributed by atoms with E-state index in [2.05, 4.69) is 50.3 Å². The number of rotatable bonds is 25. The van der Waals surface area contributed by atoms with Gasteiger partial charge in [-0.2, -0.15) is 0 Å². The second-order valence-electron chi connectivity index (χ2n) is 21.0. The number of nitrogens with one attached hydrogen (secondary N) is 4. The molecule has 19 nitrogen and oxygen atoms in total. The highest BCUT2D eigenvalue weighted by Gasteiger charge is 2.44. The number of benzene rings is 1. The Morgan fingerprint density at radius 1 is 0.933 bits per heavy atom. The zero-order valence-corrected chi connectivity index (χ0v) is 45.6. The lowest BCUT2D eigenvalue weighted by atomic mass is 9.85. The molecule has 20 heteroatoms. The fourth-order valence-electron chi connectivity index (χ4n) is 9.40. The van der Waals surface area contributed by atoms with E-state index in [0.717, 1.165) is 65.8 Å². The first kappa shape index (κ1) is 56.1. The Kier molecular flexibility index (Phi) is 19.2. The summed E-state index contributed by atoms with van der Waals surface area (Å²) in [6.45, 7) is 16.0. The largest absolute Gasteiger partial charge is 0.391 e. The number of β-amino-alcohol motifs (C(OH)–C–C–N with tert-alkyl or cyclic N) is 1. The monoisotopic (exact) mass is 1050 g/mol. The van der Waals surface area contributed by atoms with Gasteiger partial charge in [0, 0.05) is 64.2 Å². The SMILES string of the molecule is CCn1cnnc1-c1cccc(N2Cc3c(cc(N(C)C(C)C)nc3CNCC(=O)NCCCCCCCCCC(=O)N[C@H](C(=O)N3C[C@H](O)C[C@H]3C(=O)NCc3ccc(-c4scnc4C)cc3)C(C)(C)C)C2=O)n1. The van der Waals surface area contributed by atoms with E-state index in [1.807, 2.05) is 105 Å². The first-order valence-electron chi connectivity index (χ1n) is 26.4. The zero-order valence-electron chi connectivity index (χ0n) is 44.8. The van der Waals surface area contributed by atoms with Gasteiger partial charge in [-0.25, -0.2) is 15.0 Å². The third kappa shape index (κ3) is 14.4. The van der Waals surface area contributed by atoms with E-state index in [-0.39, 0.29) is 68.1 Å². The molecule has 5 amide bonds. The molecule has 0 aliphatic carbocycles. The van der Waals surface area contributed by atoms with Crippen molar-refractivity contribution in [3.05, 3.63) is 88.4 Å². The van der Waals surface area contributed by atoms with Crippen LogP contribution in [-0.2, 0) is 45.4 Å². The van der Waals surface area contributed by atoms with E-state index >= 15 is 0 Å². The van der Waals surface area contributed by atoms with Crippen LogP contribution < -0.4 is 31.1 Å². The third-order valence-electron chi connectivity index (χ3n) is 14.0. The van der Waals surface area contributed by atoms with E-state index in [1.54, 1.807) is 22.6 Å². The van der Waals surface area contributed by atoms with Crippen LogP contribution in [0.15, 0.2) is 60.4 Å². The molecule has 3 atom stereocenters. The normalized spacial score (nSPS) is 15.8. The molecule has 6 heterocycles. The number of thiazole rings is 1.